The minimum absolute atomic E-state index is 0.353. The highest BCUT2D eigenvalue weighted by Crippen LogP contribution is 2.18. The molecular weight excluding hydrogens is 246 g/mol. The van der Waals surface area contributed by atoms with Crippen LogP contribution in [0.15, 0.2) is 28.8 Å². The predicted molar refractivity (Wildman–Crippen MR) is 68.1 cm³/mol. The van der Waals surface area contributed by atoms with Crippen LogP contribution in [0.3, 0.4) is 0 Å². The molecule has 0 spiro atoms. The maximum Gasteiger partial charge on any atom is 0.337 e. The molecule has 19 heavy (non-hydrogen) atoms. The Bertz CT molecular complexity index is 569. The molecule has 5 heteroatoms. The van der Waals surface area contributed by atoms with Crippen molar-refractivity contribution < 1.29 is 18.8 Å². The Balaban J connectivity index is 2.10. The number of nitrogens with zero attached hydrogens (tertiary/aromatic N) is 1. The summed E-state index contributed by atoms with van der Waals surface area (Å²) in [5, 5.41) is 3.86. The summed E-state index contributed by atoms with van der Waals surface area (Å²) >= 11 is 0. The van der Waals surface area contributed by atoms with E-state index in [1.807, 2.05) is 13.8 Å². The molecule has 1 heterocycles. The van der Waals surface area contributed by atoms with Crippen molar-refractivity contribution in [3.8, 4) is 5.75 Å². The van der Waals surface area contributed by atoms with Crippen LogP contribution in [0, 0.1) is 13.8 Å². The molecule has 0 N–H and O–H groups in total. The third-order valence-electron chi connectivity index (χ3n) is 2.82. The van der Waals surface area contributed by atoms with Gasteiger partial charge in [-0.3, -0.25) is 0 Å². The van der Waals surface area contributed by atoms with Crippen LogP contribution in [0.25, 0.3) is 0 Å². The standard InChI is InChI=1S/C14H15NO4/c1-9-13(10(2)19-15-9)8-18-12-6-4-5-11(7-12)14(16)17-3/h4-7H,8H2,1-3H3. The summed E-state index contributed by atoms with van der Waals surface area (Å²) in [5.41, 5.74) is 2.18. The number of hydrogen-bond acceptors (Lipinski definition) is 5. The van der Waals surface area contributed by atoms with Crippen LogP contribution >= 0.6 is 0 Å². The zero-order chi connectivity index (χ0) is 13.8. The Morgan fingerprint density at radius 1 is 1.37 bits per heavy atom. The normalized spacial score (nSPS) is 10.3. The molecule has 0 radical (unpaired) electrons. The van der Waals surface area contributed by atoms with Gasteiger partial charge in [-0.25, -0.2) is 4.79 Å². The number of aryl methyl sites for hydroxylation is 2. The Labute approximate surface area is 111 Å². The number of benzene rings is 1. The van der Waals surface area contributed by atoms with Crippen LogP contribution in [0.2, 0.25) is 0 Å². The lowest BCUT2D eigenvalue weighted by molar-refractivity contribution is 0.0600. The zero-order valence-corrected chi connectivity index (χ0v) is 11.1. The molecule has 0 fully saturated rings. The SMILES string of the molecule is COC(=O)c1cccc(OCc2c(C)noc2C)c1. The highest BCUT2D eigenvalue weighted by atomic mass is 16.5. The maximum absolute atomic E-state index is 11.4. The highest BCUT2D eigenvalue weighted by molar-refractivity contribution is 5.89. The van der Waals surface area contributed by atoms with E-state index in [1.165, 1.54) is 7.11 Å². The fraction of sp³-hybridized carbons (Fsp3) is 0.286. The van der Waals surface area contributed by atoms with Gasteiger partial charge in [-0.2, -0.15) is 0 Å². The third-order valence-corrected chi connectivity index (χ3v) is 2.82. The molecule has 100 valence electrons. The number of carbonyl (C=O) groups is 1. The van der Waals surface area contributed by atoms with Crippen molar-refractivity contribution in [2.24, 2.45) is 0 Å². The summed E-state index contributed by atoms with van der Waals surface area (Å²) in [6.07, 6.45) is 0. The fourth-order valence-electron chi connectivity index (χ4n) is 1.69. The first kappa shape index (κ1) is 13.1. The van der Waals surface area contributed by atoms with Gasteiger partial charge in [0.2, 0.25) is 0 Å². The van der Waals surface area contributed by atoms with Gasteiger partial charge >= 0.3 is 5.97 Å². The van der Waals surface area contributed by atoms with Gasteiger partial charge in [0.15, 0.2) is 0 Å². The van der Waals surface area contributed by atoms with E-state index in [0.717, 1.165) is 17.0 Å². The molecule has 0 aliphatic rings. The Morgan fingerprint density at radius 2 is 2.16 bits per heavy atom. The lowest BCUT2D eigenvalue weighted by atomic mass is 10.2. The van der Waals surface area contributed by atoms with Crippen molar-refractivity contribution in [1.82, 2.24) is 5.16 Å². The van der Waals surface area contributed by atoms with Crippen LogP contribution in [0.5, 0.6) is 5.75 Å². The summed E-state index contributed by atoms with van der Waals surface area (Å²) in [6, 6.07) is 6.85. The first-order valence-electron chi connectivity index (χ1n) is 5.84. The number of rotatable bonds is 4. The second kappa shape index (κ2) is 5.56. The number of esters is 1. The van der Waals surface area contributed by atoms with Crippen LogP contribution in [0.4, 0.5) is 0 Å². The topological polar surface area (TPSA) is 61.6 Å². The monoisotopic (exact) mass is 261 g/mol. The number of aromatic nitrogens is 1. The molecule has 5 nitrogen and oxygen atoms in total. The number of hydrogen-bond donors (Lipinski definition) is 0. The average Bonchev–Trinajstić information content (AvgIpc) is 2.75. The third kappa shape index (κ3) is 2.93. The molecule has 2 rings (SSSR count). The molecule has 0 atom stereocenters. The largest absolute Gasteiger partial charge is 0.489 e. The number of methoxy groups -OCH3 is 1. The van der Waals surface area contributed by atoms with Crippen LogP contribution in [0.1, 0.15) is 27.4 Å². The smallest absolute Gasteiger partial charge is 0.337 e. The molecule has 0 saturated carbocycles. The molecule has 0 amide bonds. The van der Waals surface area contributed by atoms with E-state index in [2.05, 4.69) is 9.89 Å². The summed E-state index contributed by atoms with van der Waals surface area (Å²) in [6.45, 7) is 4.05. The van der Waals surface area contributed by atoms with Gasteiger partial charge in [-0.05, 0) is 32.0 Å². The Morgan fingerprint density at radius 3 is 2.79 bits per heavy atom. The fourth-order valence-corrected chi connectivity index (χ4v) is 1.69. The molecule has 2 aromatic rings. The van der Waals surface area contributed by atoms with Gasteiger partial charge in [0.25, 0.3) is 0 Å². The second-order valence-corrected chi connectivity index (χ2v) is 4.11. The van der Waals surface area contributed by atoms with E-state index >= 15 is 0 Å². The molecule has 1 aromatic carbocycles. The van der Waals surface area contributed by atoms with Crippen LogP contribution in [-0.4, -0.2) is 18.2 Å². The highest BCUT2D eigenvalue weighted by Gasteiger charge is 2.10. The minimum atomic E-state index is -0.386. The van der Waals surface area contributed by atoms with Crippen LogP contribution < -0.4 is 4.74 Å². The van der Waals surface area contributed by atoms with Crippen molar-refractivity contribution in [3.05, 3.63) is 46.8 Å². The first-order valence-corrected chi connectivity index (χ1v) is 5.84. The first-order chi connectivity index (χ1) is 9.11. The van der Waals surface area contributed by atoms with E-state index in [4.69, 9.17) is 9.26 Å². The Kier molecular flexibility index (Phi) is 3.85. The molecule has 1 aromatic heterocycles. The molecule has 0 bridgehead atoms. The Hall–Kier alpha value is -2.30. The van der Waals surface area contributed by atoms with Gasteiger partial charge in [-0.15, -0.1) is 0 Å². The van der Waals surface area contributed by atoms with E-state index < -0.39 is 0 Å². The van der Waals surface area contributed by atoms with Gasteiger partial charge in [0, 0.05) is 0 Å². The van der Waals surface area contributed by atoms with Gasteiger partial charge in [-0.1, -0.05) is 11.2 Å². The van der Waals surface area contributed by atoms with Gasteiger partial charge in [0.05, 0.1) is 23.9 Å². The zero-order valence-electron chi connectivity index (χ0n) is 11.1. The average molecular weight is 261 g/mol. The molecule has 0 aliphatic heterocycles. The van der Waals surface area contributed by atoms with Gasteiger partial charge < -0.3 is 14.0 Å². The summed E-state index contributed by atoms with van der Waals surface area (Å²) < 4.78 is 15.4. The lowest BCUT2D eigenvalue weighted by Gasteiger charge is -2.07. The van der Waals surface area contributed by atoms with E-state index in [-0.39, 0.29) is 5.97 Å². The molecule has 0 aliphatic carbocycles. The second-order valence-electron chi connectivity index (χ2n) is 4.11. The van der Waals surface area contributed by atoms with Crippen molar-refractivity contribution in [2.75, 3.05) is 7.11 Å². The van der Waals surface area contributed by atoms with E-state index in [0.29, 0.717) is 17.9 Å². The molecule has 0 unspecified atom stereocenters. The van der Waals surface area contributed by atoms with Crippen molar-refractivity contribution in [3.63, 3.8) is 0 Å². The number of carbonyl (C=O) groups excluding carboxylic acids is 1. The van der Waals surface area contributed by atoms with E-state index in [9.17, 15) is 4.79 Å². The van der Waals surface area contributed by atoms with E-state index in [1.54, 1.807) is 24.3 Å². The van der Waals surface area contributed by atoms with Crippen molar-refractivity contribution >= 4 is 5.97 Å². The summed E-state index contributed by atoms with van der Waals surface area (Å²) in [5.74, 6) is 0.951. The molecular formula is C14H15NO4. The van der Waals surface area contributed by atoms with Crippen molar-refractivity contribution in [1.29, 1.82) is 0 Å². The van der Waals surface area contributed by atoms with Crippen LogP contribution in [-0.2, 0) is 11.3 Å². The molecule has 0 saturated heterocycles. The summed E-state index contributed by atoms with van der Waals surface area (Å²) in [4.78, 5) is 11.4. The lowest BCUT2D eigenvalue weighted by Crippen LogP contribution is -2.02. The van der Waals surface area contributed by atoms with Gasteiger partial charge in [0.1, 0.15) is 18.1 Å². The maximum atomic E-state index is 11.4. The predicted octanol–water partition coefficient (Wildman–Crippen LogP) is 2.66. The number of ether oxygens (including phenoxy) is 2. The quantitative estimate of drug-likeness (QED) is 0.792. The minimum Gasteiger partial charge on any atom is -0.489 e. The van der Waals surface area contributed by atoms with Crippen molar-refractivity contribution in [2.45, 2.75) is 20.5 Å². The summed E-state index contributed by atoms with van der Waals surface area (Å²) in [7, 11) is 1.35.